The number of nitrogens with one attached hydrogen (secondary N) is 3. The SMILES string of the molecule is CSCCC(C(=O)Nc1ccc2nc(C)[nH]c2c1)n1c(=O)[nH]c2ccccc2c1=O. The first-order valence-electron chi connectivity index (χ1n) is 9.47. The average Bonchev–Trinajstić information content (AvgIpc) is 3.09. The Hall–Kier alpha value is -3.33. The zero-order valence-corrected chi connectivity index (χ0v) is 17.4. The number of benzene rings is 2. The molecule has 2 heterocycles. The lowest BCUT2D eigenvalue weighted by atomic mass is 10.1. The zero-order valence-electron chi connectivity index (χ0n) is 16.6. The van der Waals surface area contributed by atoms with Crippen molar-refractivity contribution in [2.45, 2.75) is 19.4 Å². The van der Waals surface area contributed by atoms with E-state index in [9.17, 15) is 14.4 Å². The van der Waals surface area contributed by atoms with Crippen LogP contribution in [0.5, 0.6) is 0 Å². The molecule has 1 atom stereocenters. The number of para-hydroxylation sites is 1. The molecule has 0 fully saturated rings. The van der Waals surface area contributed by atoms with Crippen molar-refractivity contribution >= 4 is 45.3 Å². The molecule has 4 rings (SSSR count). The minimum atomic E-state index is -0.933. The Morgan fingerprint density at radius 1 is 1.17 bits per heavy atom. The van der Waals surface area contributed by atoms with Gasteiger partial charge in [0, 0.05) is 5.69 Å². The maximum absolute atomic E-state index is 13.1. The van der Waals surface area contributed by atoms with Crippen molar-refractivity contribution < 1.29 is 4.79 Å². The fourth-order valence-corrected chi connectivity index (χ4v) is 3.97. The molecule has 4 aromatic rings. The molecule has 0 bridgehead atoms. The van der Waals surface area contributed by atoms with Crippen LogP contribution in [0.3, 0.4) is 0 Å². The van der Waals surface area contributed by atoms with Crippen LogP contribution >= 0.6 is 11.8 Å². The molecule has 0 radical (unpaired) electrons. The van der Waals surface area contributed by atoms with Crippen LogP contribution in [0.1, 0.15) is 18.3 Å². The van der Waals surface area contributed by atoms with Gasteiger partial charge in [-0.2, -0.15) is 11.8 Å². The van der Waals surface area contributed by atoms with Crippen molar-refractivity contribution in [1.82, 2.24) is 19.5 Å². The molecule has 0 aliphatic heterocycles. The Bertz CT molecular complexity index is 1350. The largest absolute Gasteiger partial charge is 0.342 e. The van der Waals surface area contributed by atoms with Crippen molar-refractivity contribution in [3.63, 3.8) is 0 Å². The Balaban J connectivity index is 1.73. The fraction of sp³-hybridized carbons (Fsp3) is 0.238. The van der Waals surface area contributed by atoms with E-state index in [-0.39, 0.29) is 0 Å². The lowest BCUT2D eigenvalue weighted by molar-refractivity contribution is -0.119. The lowest BCUT2D eigenvalue weighted by Gasteiger charge is -2.19. The minimum Gasteiger partial charge on any atom is -0.342 e. The molecule has 0 spiro atoms. The van der Waals surface area contributed by atoms with Gasteiger partial charge in [0.2, 0.25) is 5.91 Å². The molecule has 8 nitrogen and oxygen atoms in total. The number of rotatable bonds is 6. The van der Waals surface area contributed by atoms with E-state index in [4.69, 9.17) is 0 Å². The third-order valence-corrected chi connectivity index (χ3v) is 5.56. The number of H-pyrrole nitrogens is 2. The number of hydrogen-bond donors (Lipinski definition) is 3. The number of anilines is 1. The number of amides is 1. The van der Waals surface area contributed by atoms with Crippen molar-refractivity contribution in [2.75, 3.05) is 17.3 Å². The summed E-state index contributed by atoms with van der Waals surface area (Å²) in [5.74, 6) is 0.985. The summed E-state index contributed by atoms with van der Waals surface area (Å²) in [5, 5.41) is 3.21. The van der Waals surface area contributed by atoms with Crippen molar-refractivity contribution in [2.24, 2.45) is 0 Å². The van der Waals surface area contributed by atoms with Gasteiger partial charge in [-0.1, -0.05) is 12.1 Å². The molecule has 3 N–H and O–H groups in total. The summed E-state index contributed by atoms with van der Waals surface area (Å²) < 4.78 is 1.02. The average molecular weight is 423 g/mol. The quantitative estimate of drug-likeness (QED) is 0.441. The Morgan fingerprint density at radius 2 is 1.97 bits per heavy atom. The number of carbonyl (C=O) groups is 1. The van der Waals surface area contributed by atoms with Gasteiger partial charge >= 0.3 is 5.69 Å². The third-order valence-electron chi connectivity index (χ3n) is 4.91. The van der Waals surface area contributed by atoms with E-state index in [0.717, 1.165) is 21.4 Å². The summed E-state index contributed by atoms with van der Waals surface area (Å²) in [6, 6.07) is 11.2. The van der Waals surface area contributed by atoms with Crippen molar-refractivity contribution in [3.8, 4) is 0 Å². The van der Waals surface area contributed by atoms with Crippen LogP contribution in [0.4, 0.5) is 5.69 Å². The number of nitrogens with zero attached hydrogens (tertiary/aromatic N) is 2. The maximum atomic E-state index is 13.1. The number of hydrogen-bond acceptors (Lipinski definition) is 5. The first-order chi connectivity index (χ1) is 14.5. The molecule has 30 heavy (non-hydrogen) atoms. The summed E-state index contributed by atoms with van der Waals surface area (Å²) in [4.78, 5) is 49.1. The second-order valence-corrected chi connectivity index (χ2v) is 7.98. The number of carbonyl (C=O) groups excluding carboxylic acids is 1. The van der Waals surface area contributed by atoms with Crippen LogP contribution in [0.2, 0.25) is 0 Å². The van der Waals surface area contributed by atoms with Crippen LogP contribution in [0, 0.1) is 6.92 Å². The van der Waals surface area contributed by atoms with E-state index >= 15 is 0 Å². The van der Waals surface area contributed by atoms with Crippen molar-refractivity contribution in [1.29, 1.82) is 0 Å². The van der Waals surface area contributed by atoms with Crippen LogP contribution in [0.25, 0.3) is 21.9 Å². The predicted octanol–water partition coefficient (Wildman–Crippen LogP) is 2.81. The van der Waals surface area contributed by atoms with Gasteiger partial charge in [-0.05, 0) is 55.7 Å². The molecule has 0 saturated carbocycles. The molecule has 9 heteroatoms. The summed E-state index contributed by atoms with van der Waals surface area (Å²) in [6.45, 7) is 1.86. The molecular formula is C21H21N5O3S. The number of fused-ring (bicyclic) bond motifs is 2. The highest BCUT2D eigenvalue weighted by Crippen LogP contribution is 2.20. The van der Waals surface area contributed by atoms with Gasteiger partial charge in [0.1, 0.15) is 11.9 Å². The number of aromatic amines is 2. The van der Waals surface area contributed by atoms with E-state index in [1.165, 1.54) is 0 Å². The standard InChI is InChI=1S/C21H21N5O3S/c1-12-22-16-8-7-13(11-17(16)23-12)24-19(27)18(9-10-30-2)26-20(28)14-5-3-4-6-15(14)25-21(26)29/h3-8,11,18H,9-10H2,1-2H3,(H,22,23)(H,24,27)(H,25,29). The normalized spacial score (nSPS) is 12.3. The molecule has 2 aromatic carbocycles. The second-order valence-electron chi connectivity index (χ2n) is 6.99. The monoisotopic (exact) mass is 423 g/mol. The predicted molar refractivity (Wildman–Crippen MR) is 120 cm³/mol. The minimum absolute atomic E-state index is 0.347. The third kappa shape index (κ3) is 3.76. The maximum Gasteiger partial charge on any atom is 0.329 e. The lowest BCUT2D eigenvalue weighted by Crippen LogP contribution is -2.43. The van der Waals surface area contributed by atoms with Gasteiger partial charge in [0.05, 0.1) is 21.9 Å². The Labute approximate surface area is 175 Å². The summed E-state index contributed by atoms with van der Waals surface area (Å²) >= 11 is 1.55. The first-order valence-corrected chi connectivity index (χ1v) is 10.9. The van der Waals surface area contributed by atoms with E-state index in [1.54, 1.807) is 54.2 Å². The fourth-order valence-electron chi connectivity index (χ4n) is 3.51. The number of aryl methyl sites for hydroxylation is 1. The van der Waals surface area contributed by atoms with Gasteiger partial charge in [-0.25, -0.2) is 14.3 Å². The number of thioether (sulfide) groups is 1. The van der Waals surface area contributed by atoms with Gasteiger partial charge < -0.3 is 15.3 Å². The van der Waals surface area contributed by atoms with Crippen LogP contribution < -0.4 is 16.6 Å². The molecule has 0 aliphatic carbocycles. The van der Waals surface area contributed by atoms with Gasteiger partial charge in [0.25, 0.3) is 5.56 Å². The highest BCUT2D eigenvalue weighted by Gasteiger charge is 2.25. The molecule has 1 amide bonds. The molecule has 154 valence electrons. The van der Waals surface area contributed by atoms with E-state index in [1.807, 2.05) is 13.2 Å². The molecule has 0 saturated heterocycles. The molecular weight excluding hydrogens is 402 g/mol. The molecule has 2 aromatic heterocycles. The molecule has 1 unspecified atom stereocenters. The van der Waals surface area contributed by atoms with Crippen LogP contribution in [-0.2, 0) is 4.79 Å². The summed E-state index contributed by atoms with van der Waals surface area (Å²) in [6.07, 6.45) is 2.26. The van der Waals surface area contributed by atoms with Crippen LogP contribution in [0.15, 0.2) is 52.1 Å². The molecule has 0 aliphatic rings. The number of aromatic nitrogens is 4. The van der Waals surface area contributed by atoms with E-state index in [0.29, 0.717) is 28.8 Å². The summed E-state index contributed by atoms with van der Waals surface area (Å²) in [7, 11) is 0. The highest BCUT2D eigenvalue weighted by atomic mass is 32.2. The van der Waals surface area contributed by atoms with Gasteiger partial charge in [-0.3, -0.25) is 9.59 Å². The zero-order chi connectivity index (χ0) is 21.3. The Kier molecular flexibility index (Phi) is 5.45. The van der Waals surface area contributed by atoms with Crippen molar-refractivity contribution in [3.05, 3.63) is 69.1 Å². The van der Waals surface area contributed by atoms with Gasteiger partial charge in [0.15, 0.2) is 0 Å². The smallest absolute Gasteiger partial charge is 0.329 e. The Morgan fingerprint density at radius 3 is 2.77 bits per heavy atom. The highest BCUT2D eigenvalue weighted by molar-refractivity contribution is 7.98. The first kappa shape index (κ1) is 20.0. The van der Waals surface area contributed by atoms with E-state index < -0.39 is 23.2 Å². The van der Waals surface area contributed by atoms with Gasteiger partial charge in [-0.15, -0.1) is 0 Å². The number of imidazole rings is 1. The summed E-state index contributed by atoms with van der Waals surface area (Å²) in [5.41, 5.74) is 1.54. The second kappa shape index (κ2) is 8.19. The topological polar surface area (TPSA) is 113 Å². The van der Waals surface area contributed by atoms with Crippen LogP contribution in [-0.4, -0.2) is 37.4 Å². The van der Waals surface area contributed by atoms with E-state index in [2.05, 4.69) is 20.3 Å².